The number of aromatic carboxylic acids is 1. The Kier molecular flexibility index (Phi) is 4.03. The Hall–Kier alpha value is -2.69. The lowest BCUT2D eigenvalue weighted by Crippen LogP contribution is -2.16. The van der Waals surface area contributed by atoms with E-state index >= 15 is 0 Å². The van der Waals surface area contributed by atoms with Crippen LogP contribution in [0.15, 0.2) is 36.4 Å². The van der Waals surface area contributed by atoms with E-state index in [4.69, 9.17) is 5.11 Å². The Labute approximate surface area is 121 Å². The number of aryl methyl sites for hydroxylation is 2. The lowest BCUT2D eigenvalue weighted by atomic mass is 10.1. The Morgan fingerprint density at radius 2 is 1.81 bits per heavy atom. The van der Waals surface area contributed by atoms with Crippen molar-refractivity contribution in [2.75, 3.05) is 5.32 Å². The van der Waals surface area contributed by atoms with Crippen molar-refractivity contribution in [3.8, 4) is 0 Å². The number of carbonyl (C=O) groups excluding carboxylic acids is 1. The molecule has 0 aliphatic carbocycles. The average molecular weight is 287 g/mol. The molecule has 0 saturated heterocycles. The van der Waals surface area contributed by atoms with E-state index in [-0.39, 0.29) is 16.8 Å². The zero-order valence-corrected chi connectivity index (χ0v) is 11.6. The van der Waals surface area contributed by atoms with Gasteiger partial charge in [0.2, 0.25) is 0 Å². The summed E-state index contributed by atoms with van der Waals surface area (Å²) in [6.07, 6.45) is 0. The van der Waals surface area contributed by atoms with Crippen LogP contribution >= 0.6 is 0 Å². The van der Waals surface area contributed by atoms with E-state index in [2.05, 4.69) is 5.32 Å². The number of nitrogens with one attached hydrogen (secondary N) is 1. The molecule has 0 saturated carbocycles. The van der Waals surface area contributed by atoms with Crippen molar-refractivity contribution in [3.63, 3.8) is 0 Å². The highest BCUT2D eigenvalue weighted by atomic mass is 19.1. The van der Waals surface area contributed by atoms with Crippen molar-refractivity contribution in [1.82, 2.24) is 0 Å². The third-order valence-electron chi connectivity index (χ3n) is 3.16. The number of hydrogen-bond donors (Lipinski definition) is 2. The topological polar surface area (TPSA) is 66.4 Å². The lowest BCUT2D eigenvalue weighted by molar-refractivity contribution is 0.0698. The third-order valence-corrected chi connectivity index (χ3v) is 3.16. The monoisotopic (exact) mass is 287 g/mol. The van der Waals surface area contributed by atoms with Crippen LogP contribution in [0.25, 0.3) is 0 Å². The summed E-state index contributed by atoms with van der Waals surface area (Å²) in [7, 11) is 0. The summed E-state index contributed by atoms with van der Waals surface area (Å²) < 4.78 is 13.2. The van der Waals surface area contributed by atoms with E-state index in [1.807, 2.05) is 0 Å². The molecule has 108 valence electrons. The minimum Gasteiger partial charge on any atom is -0.478 e. The molecule has 0 heterocycles. The second-order valence-corrected chi connectivity index (χ2v) is 4.72. The zero-order valence-electron chi connectivity index (χ0n) is 11.6. The lowest BCUT2D eigenvalue weighted by Gasteiger charge is -2.12. The first-order valence-electron chi connectivity index (χ1n) is 6.30. The third kappa shape index (κ3) is 3.08. The number of amides is 1. The van der Waals surface area contributed by atoms with Crippen LogP contribution in [0, 0.1) is 19.7 Å². The molecule has 0 aliphatic rings. The maximum Gasteiger partial charge on any atom is 0.337 e. The first-order valence-corrected chi connectivity index (χ1v) is 6.30. The SMILES string of the molecule is Cc1cc(C(=O)Nc2c(C)cccc2C(=O)O)ccc1F. The largest absolute Gasteiger partial charge is 0.478 e. The van der Waals surface area contributed by atoms with E-state index in [1.54, 1.807) is 26.0 Å². The summed E-state index contributed by atoms with van der Waals surface area (Å²) in [5.41, 5.74) is 1.53. The molecule has 0 radical (unpaired) electrons. The van der Waals surface area contributed by atoms with Crippen LogP contribution in [-0.4, -0.2) is 17.0 Å². The van der Waals surface area contributed by atoms with Crippen LogP contribution in [0.2, 0.25) is 0 Å². The van der Waals surface area contributed by atoms with E-state index in [9.17, 15) is 14.0 Å². The van der Waals surface area contributed by atoms with Gasteiger partial charge in [0, 0.05) is 5.56 Å². The van der Waals surface area contributed by atoms with Gasteiger partial charge in [0.1, 0.15) is 5.82 Å². The van der Waals surface area contributed by atoms with Crippen molar-refractivity contribution < 1.29 is 19.1 Å². The highest BCUT2D eigenvalue weighted by Gasteiger charge is 2.15. The van der Waals surface area contributed by atoms with Gasteiger partial charge in [0.05, 0.1) is 11.3 Å². The molecule has 2 rings (SSSR count). The molecule has 2 aromatic rings. The highest BCUT2D eigenvalue weighted by Crippen LogP contribution is 2.22. The molecule has 0 atom stereocenters. The van der Waals surface area contributed by atoms with Crippen molar-refractivity contribution in [2.24, 2.45) is 0 Å². The quantitative estimate of drug-likeness (QED) is 0.909. The molecule has 4 nitrogen and oxygen atoms in total. The Morgan fingerprint density at radius 3 is 2.43 bits per heavy atom. The number of hydrogen-bond acceptors (Lipinski definition) is 2. The van der Waals surface area contributed by atoms with Gasteiger partial charge in [-0.25, -0.2) is 9.18 Å². The van der Waals surface area contributed by atoms with Crippen molar-refractivity contribution in [3.05, 3.63) is 64.5 Å². The van der Waals surface area contributed by atoms with E-state index < -0.39 is 17.7 Å². The first kappa shape index (κ1) is 14.7. The van der Waals surface area contributed by atoms with E-state index in [0.29, 0.717) is 11.1 Å². The standard InChI is InChI=1S/C16H14FNO3/c1-9-4-3-5-12(16(20)21)14(9)18-15(19)11-6-7-13(17)10(2)8-11/h3-8H,1-2H3,(H,18,19)(H,20,21). The van der Waals surface area contributed by atoms with Crippen molar-refractivity contribution in [1.29, 1.82) is 0 Å². The first-order chi connectivity index (χ1) is 9.90. The average Bonchev–Trinajstić information content (AvgIpc) is 2.43. The van der Waals surface area contributed by atoms with Crippen LogP contribution in [0.5, 0.6) is 0 Å². The number of carbonyl (C=O) groups is 2. The number of rotatable bonds is 3. The Morgan fingerprint density at radius 1 is 1.10 bits per heavy atom. The van der Waals surface area contributed by atoms with Gasteiger partial charge in [-0.1, -0.05) is 12.1 Å². The van der Waals surface area contributed by atoms with Gasteiger partial charge >= 0.3 is 5.97 Å². The predicted octanol–water partition coefficient (Wildman–Crippen LogP) is 3.39. The minimum atomic E-state index is -1.12. The summed E-state index contributed by atoms with van der Waals surface area (Å²) in [4.78, 5) is 23.4. The fourth-order valence-electron chi connectivity index (χ4n) is 1.98. The normalized spacial score (nSPS) is 10.2. The van der Waals surface area contributed by atoms with Crippen LogP contribution in [-0.2, 0) is 0 Å². The second-order valence-electron chi connectivity index (χ2n) is 4.72. The van der Waals surface area contributed by atoms with E-state index in [0.717, 1.165) is 0 Å². The molecular formula is C16H14FNO3. The Bertz CT molecular complexity index is 725. The van der Waals surface area contributed by atoms with Crippen LogP contribution < -0.4 is 5.32 Å². The molecule has 0 unspecified atom stereocenters. The maximum absolute atomic E-state index is 13.2. The van der Waals surface area contributed by atoms with Gasteiger partial charge in [0.25, 0.3) is 5.91 Å². The summed E-state index contributed by atoms with van der Waals surface area (Å²) in [5.74, 6) is -1.99. The highest BCUT2D eigenvalue weighted by molar-refractivity contribution is 6.08. The number of anilines is 1. The molecule has 1 amide bonds. The summed E-state index contributed by atoms with van der Waals surface area (Å²) in [6.45, 7) is 3.26. The zero-order chi connectivity index (χ0) is 15.6. The van der Waals surface area contributed by atoms with Crippen molar-refractivity contribution in [2.45, 2.75) is 13.8 Å². The molecule has 2 N–H and O–H groups in total. The van der Waals surface area contributed by atoms with Crippen LogP contribution in [0.3, 0.4) is 0 Å². The van der Waals surface area contributed by atoms with Crippen LogP contribution in [0.4, 0.5) is 10.1 Å². The molecule has 0 bridgehead atoms. The number of halogens is 1. The van der Waals surface area contributed by atoms with Gasteiger partial charge in [-0.2, -0.15) is 0 Å². The second kappa shape index (κ2) is 5.75. The summed E-state index contributed by atoms with van der Waals surface area (Å²) in [5, 5.41) is 11.7. The molecular weight excluding hydrogens is 273 g/mol. The predicted molar refractivity (Wildman–Crippen MR) is 77.2 cm³/mol. The molecule has 0 aliphatic heterocycles. The molecule has 21 heavy (non-hydrogen) atoms. The number of para-hydroxylation sites is 1. The smallest absolute Gasteiger partial charge is 0.337 e. The fraction of sp³-hybridized carbons (Fsp3) is 0.125. The molecule has 5 heteroatoms. The Balaban J connectivity index is 2.36. The van der Waals surface area contributed by atoms with E-state index in [1.165, 1.54) is 24.3 Å². The van der Waals surface area contributed by atoms with Gasteiger partial charge < -0.3 is 10.4 Å². The molecule has 0 fully saturated rings. The van der Waals surface area contributed by atoms with Gasteiger partial charge in [0.15, 0.2) is 0 Å². The number of carboxylic acids is 1. The maximum atomic E-state index is 13.2. The van der Waals surface area contributed by atoms with Crippen molar-refractivity contribution >= 4 is 17.6 Å². The number of carboxylic acid groups (broad SMARTS) is 1. The number of benzene rings is 2. The molecule has 2 aromatic carbocycles. The van der Waals surface area contributed by atoms with Gasteiger partial charge in [-0.05, 0) is 49.2 Å². The molecule has 0 spiro atoms. The summed E-state index contributed by atoms with van der Waals surface area (Å²) in [6, 6.07) is 8.72. The minimum absolute atomic E-state index is 0.0159. The van der Waals surface area contributed by atoms with Gasteiger partial charge in [-0.15, -0.1) is 0 Å². The molecule has 0 aromatic heterocycles. The summed E-state index contributed by atoms with van der Waals surface area (Å²) >= 11 is 0. The van der Waals surface area contributed by atoms with Crippen LogP contribution in [0.1, 0.15) is 31.8 Å². The fourth-order valence-corrected chi connectivity index (χ4v) is 1.98. The van der Waals surface area contributed by atoms with Gasteiger partial charge in [-0.3, -0.25) is 4.79 Å².